The molecule has 2 aromatic carbocycles. The first kappa shape index (κ1) is 13.5. The van der Waals surface area contributed by atoms with Crippen LogP contribution in [0.3, 0.4) is 0 Å². The summed E-state index contributed by atoms with van der Waals surface area (Å²) in [5.74, 6) is 0.397. The van der Waals surface area contributed by atoms with E-state index in [0.29, 0.717) is 5.75 Å². The van der Waals surface area contributed by atoms with Crippen LogP contribution < -0.4 is 10.6 Å². The second kappa shape index (κ2) is 4.99. The van der Waals surface area contributed by atoms with Crippen molar-refractivity contribution >= 4 is 28.4 Å². The fraction of sp³-hybridized carbons (Fsp3) is 0.143. The number of benzene rings is 2. The standard InChI is InChI=1S/C14H15F2PS/c1-2-18-17(15,16,13-9-5-3-6-10-13)14-11-7-4-8-12-14/h3-12H,2H2,1H3. The van der Waals surface area contributed by atoms with Crippen molar-refractivity contribution in [2.75, 3.05) is 5.75 Å². The summed E-state index contributed by atoms with van der Waals surface area (Å²) in [5, 5.41) is 0.308. The molecule has 0 heterocycles. The van der Waals surface area contributed by atoms with E-state index in [1.165, 1.54) is 24.3 Å². The fourth-order valence-electron chi connectivity index (χ4n) is 1.88. The van der Waals surface area contributed by atoms with Gasteiger partial charge in [0.25, 0.3) is 0 Å². The molecule has 18 heavy (non-hydrogen) atoms. The van der Waals surface area contributed by atoms with Gasteiger partial charge in [0.15, 0.2) is 0 Å². The quantitative estimate of drug-likeness (QED) is 0.738. The van der Waals surface area contributed by atoms with Gasteiger partial charge in [0, 0.05) is 0 Å². The van der Waals surface area contributed by atoms with E-state index in [1.54, 1.807) is 43.3 Å². The summed E-state index contributed by atoms with van der Waals surface area (Å²) in [6.45, 7) is 1.77. The van der Waals surface area contributed by atoms with Crippen molar-refractivity contribution in [2.45, 2.75) is 6.92 Å². The number of halogens is 2. The minimum atomic E-state index is -5.07. The summed E-state index contributed by atoms with van der Waals surface area (Å²) in [5.41, 5.74) is 0. The van der Waals surface area contributed by atoms with Gasteiger partial charge in [0.05, 0.1) is 0 Å². The van der Waals surface area contributed by atoms with Gasteiger partial charge in [-0.15, -0.1) is 0 Å². The molecule has 2 rings (SSSR count). The summed E-state index contributed by atoms with van der Waals surface area (Å²) in [6.07, 6.45) is -5.07. The Labute approximate surface area is 110 Å². The maximum atomic E-state index is 15.4. The fourth-order valence-corrected chi connectivity index (χ4v) is 7.25. The van der Waals surface area contributed by atoms with E-state index in [9.17, 15) is 0 Å². The monoisotopic (exact) mass is 284 g/mol. The van der Waals surface area contributed by atoms with E-state index in [2.05, 4.69) is 0 Å². The Morgan fingerprint density at radius 2 is 1.22 bits per heavy atom. The molecule has 0 aliphatic rings. The topological polar surface area (TPSA) is 0 Å². The van der Waals surface area contributed by atoms with Gasteiger partial charge in [0.2, 0.25) is 0 Å². The molecule has 0 amide bonds. The molecule has 0 aliphatic carbocycles. The molecule has 0 spiro atoms. The summed E-state index contributed by atoms with van der Waals surface area (Å²) in [7, 11) is 0. The van der Waals surface area contributed by atoms with Crippen LogP contribution in [0.5, 0.6) is 0 Å². The molecule has 0 saturated carbocycles. The van der Waals surface area contributed by atoms with Gasteiger partial charge in [0.1, 0.15) is 0 Å². The zero-order valence-corrected chi connectivity index (χ0v) is 11.8. The van der Waals surface area contributed by atoms with Crippen molar-refractivity contribution in [1.29, 1.82) is 0 Å². The molecular weight excluding hydrogens is 269 g/mol. The molecule has 0 radical (unpaired) electrons. The third kappa shape index (κ3) is 2.30. The Morgan fingerprint density at radius 1 is 0.833 bits per heavy atom. The molecule has 0 saturated heterocycles. The van der Waals surface area contributed by atoms with E-state index in [1.807, 2.05) is 0 Å². The van der Waals surface area contributed by atoms with E-state index in [0.717, 1.165) is 11.4 Å². The van der Waals surface area contributed by atoms with Crippen LogP contribution in [0.2, 0.25) is 0 Å². The second-order valence-electron chi connectivity index (χ2n) is 3.92. The Bertz CT molecular complexity index is 470. The Balaban J connectivity index is 2.63. The van der Waals surface area contributed by atoms with Crippen LogP contribution in [0.1, 0.15) is 6.92 Å². The van der Waals surface area contributed by atoms with Gasteiger partial charge >= 0.3 is 110 Å². The molecule has 0 N–H and O–H groups in total. The van der Waals surface area contributed by atoms with Crippen LogP contribution in [0.15, 0.2) is 60.7 Å². The van der Waals surface area contributed by atoms with Crippen LogP contribution in [0, 0.1) is 0 Å². The third-order valence-corrected chi connectivity index (χ3v) is 9.15. The SMILES string of the molecule is CCSP(F)(F)(c1ccccc1)c1ccccc1. The van der Waals surface area contributed by atoms with Gasteiger partial charge in [-0.05, 0) is 0 Å². The zero-order valence-electron chi connectivity index (χ0n) is 10.1. The molecule has 0 fully saturated rings. The van der Waals surface area contributed by atoms with E-state index < -0.39 is 6.43 Å². The first-order valence-electron chi connectivity index (χ1n) is 5.78. The van der Waals surface area contributed by atoms with Crippen molar-refractivity contribution in [2.24, 2.45) is 0 Å². The average Bonchev–Trinajstić information content (AvgIpc) is 2.41. The zero-order chi connectivity index (χ0) is 13.1. The summed E-state index contributed by atoms with van der Waals surface area (Å²) >= 11 is 0.784. The van der Waals surface area contributed by atoms with Crippen LogP contribution >= 0.6 is 17.8 Å². The third-order valence-electron chi connectivity index (χ3n) is 2.73. The molecule has 0 unspecified atom stereocenters. The Morgan fingerprint density at radius 3 is 1.56 bits per heavy atom. The van der Waals surface area contributed by atoms with Crippen molar-refractivity contribution in [3.05, 3.63) is 60.7 Å². The first-order valence-corrected chi connectivity index (χ1v) is 9.39. The number of hydrogen-bond acceptors (Lipinski definition) is 1. The van der Waals surface area contributed by atoms with Gasteiger partial charge in [-0.25, -0.2) is 0 Å². The molecule has 0 bridgehead atoms. The van der Waals surface area contributed by atoms with Gasteiger partial charge < -0.3 is 0 Å². The van der Waals surface area contributed by atoms with Gasteiger partial charge in [-0.3, -0.25) is 0 Å². The number of rotatable bonds is 4. The van der Waals surface area contributed by atoms with Crippen molar-refractivity contribution < 1.29 is 8.39 Å². The molecule has 96 valence electrons. The molecule has 0 aromatic heterocycles. The summed E-state index contributed by atoms with van der Waals surface area (Å²) in [4.78, 5) is 0. The van der Waals surface area contributed by atoms with Crippen molar-refractivity contribution in [3.8, 4) is 0 Å². The average molecular weight is 284 g/mol. The van der Waals surface area contributed by atoms with E-state index in [-0.39, 0.29) is 10.6 Å². The summed E-state index contributed by atoms with van der Waals surface area (Å²) in [6, 6.07) is 16.4. The first-order chi connectivity index (χ1) is 8.57. The van der Waals surface area contributed by atoms with E-state index >= 15 is 8.39 Å². The maximum absolute atomic E-state index is 15.4. The van der Waals surface area contributed by atoms with Gasteiger partial charge in [-0.2, -0.15) is 0 Å². The molecular formula is C14H15F2PS. The Kier molecular flexibility index (Phi) is 3.74. The van der Waals surface area contributed by atoms with E-state index in [4.69, 9.17) is 0 Å². The van der Waals surface area contributed by atoms with Crippen LogP contribution in [0.4, 0.5) is 8.39 Å². The van der Waals surface area contributed by atoms with Gasteiger partial charge in [-0.1, -0.05) is 0 Å². The summed E-state index contributed by atoms with van der Waals surface area (Å²) < 4.78 is 30.7. The molecule has 0 nitrogen and oxygen atoms in total. The molecule has 0 aliphatic heterocycles. The molecule has 2 aromatic rings. The second-order valence-corrected chi connectivity index (χ2v) is 10.2. The molecule has 0 atom stereocenters. The Hall–Kier alpha value is -0.920. The van der Waals surface area contributed by atoms with Crippen molar-refractivity contribution in [3.63, 3.8) is 0 Å². The minimum absolute atomic E-state index is 0.154. The normalized spacial score (nSPS) is 13.8. The van der Waals surface area contributed by atoms with Crippen LogP contribution in [-0.4, -0.2) is 5.75 Å². The predicted octanol–water partition coefficient (Wildman–Crippen LogP) is 4.63. The molecule has 4 heteroatoms. The number of hydrogen-bond donors (Lipinski definition) is 0. The van der Waals surface area contributed by atoms with Crippen LogP contribution in [0.25, 0.3) is 0 Å². The van der Waals surface area contributed by atoms with Crippen molar-refractivity contribution in [1.82, 2.24) is 0 Å². The predicted molar refractivity (Wildman–Crippen MR) is 79.4 cm³/mol. The van der Waals surface area contributed by atoms with Crippen LogP contribution in [-0.2, 0) is 0 Å².